The molecule has 0 saturated heterocycles. The molecule has 0 atom stereocenters. The van der Waals surface area contributed by atoms with E-state index < -0.39 is 40.0 Å². The second kappa shape index (κ2) is 7.20. The average molecular weight is 456 g/mol. The van der Waals surface area contributed by atoms with Gasteiger partial charge in [0.1, 0.15) is 18.6 Å². The molecule has 1 aliphatic rings. The predicted octanol–water partition coefficient (Wildman–Crippen LogP) is 3.94. The zero-order chi connectivity index (χ0) is 22.5. The number of nitrogens with zero attached hydrogens (tertiary/aromatic N) is 4. The Morgan fingerprint density at radius 3 is 2.30 bits per heavy atom. The van der Waals surface area contributed by atoms with Gasteiger partial charge in [0, 0.05) is 13.1 Å². The maximum atomic E-state index is 13.8. The number of pyridine rings is 1. The molecule has 166 valence electrons. The Hall–Kier alpha value is -2.18. The highest BCUT2D eigenvalue weighted by molar-refractivity contribution is 7.91. The molecule has 1 fully saturated rings. The Morgan fingerprint density at radius 2 is 1.77 bits per heavy atom. The van der Waals surface area contributed by atoms with E-state index in [2.05, 4.69) is 15.1 Å². The summed E-state index contributed by atoms with van der Waals surface area (Å²) in [5.74, 6) is -16.2. The molecule has 0 spiro atoms. The van der Waals surface area contributed by atoms with Crippen LogP contribution >= 0.6 is 0 Å². The Bertz CT molecular complexity index is 1040. The first-order chi connectivity index (χ1) is 13.7. The first-order valence-electron chi connectivity index (χ1n) is 8.95. The molecule has 6 nitrogen and oxygen atoms in total. The molecule has 0 unspecified atom stereocenters. The zero-order valence-corrected chi connectivity index (χ0v) is 16.7. The van der Waals surface area contributed by atoms with Crippen LogP contribution in [0, 0.1) is 0 Å². The van der Waals surface area contributed by atoms with E-state index in [1.165, 1.54) is 19.2 Å². The van der Waals surface area contributed by atoms with Crippen molar-refractivity contribution in [1.29, 1.82) is 0 Å². The summed E-state index contributed by atoms with van der Waals surface area (Å²) in [5.41, 5.74) is 0.470. The average Bonchev–Trinajstić information content (AvgIpc) is 3.40. The molecule has 0 N–H and O–H groups in total. The smallest absolute Gasteiger partial charge is 0.251 e. The maximum Gasteiger partial charge on any atom is 0.373 e. The molecule has 0 bridgehead atoms. The van der Waals surface area contributed by atoms with E-state index in [9.17, 15) is 34.8 Å². The van der Waals surface area contributed by atoms with Gasteiger partial charge in [0.05, 0.1) is 10.6 Å². The van der Waals surface area contributed by atoms with Crippen molar-refractivity contribution in [3.63, 3.8) is 0 Å². The lowest BCUT2D eigenvalue weighted by molar-refractivity contribution is -0.306. The summed E-state index contributed by atoms with van der Waals surface area (Å²) < 4.78 is 106. The first kappa shape index (κ1) is 22.5. The van der Waals surface area contributed by atoms with Crippen LogP contribution in [0.4, 0.5) is 26.3 Å². The second-order valence-electron chi connectivity index (χ2n) is 7.23. The quantitative estimate of drug-likeness (QED) is 0.563. The van der Waals surface area contributed by atoms with Crippen molar-refractivity contribution >= 4 is 9.84 Å². The van der Waals surface area contributed by atoms with Crippen LogP contribution in [0.1, 0.15) is 38.2 Å². The van der Waals surface area contributed by atoms with Crippen LogP contribution in [0.15, 0.2) is 23.5 Å². The molecule has 1 saturated carbocycles. The molecule has 3 rings (SSSR count). The van der Waals surface area contributed by atoms with Crippen molar-refractivity contribution in [3.8, 4) is 11.5 Å². The van der Waals surface area contributed by atoms with Crippen molar-refractivity contribution in [2.45, 2.75) is 61.8 Å². The fourth-order valence-electron chi connectivity index (χ4n) is 2.76. The van der Waals surface area contributed by atoms with E-state index in [4.69, 9.17) is 0 Å². The van der Waals surface area contributed by atoms with Gasteiger partial charge < -0.3 is 0 Å². The molecule has 0 amide bonds. The Morgan fingerprint density at radius 1 is 1.13 bits per heavy atom. The normalized spacial score (nSPS) is 16.1. The van der Waals surface area contributed by atoms with Crippen LogP contribution in [0.2, 0.25) is 0 Å². The molecular formula is C17H18F6N4O2S. The fourth-order valence-corrected chi connectivity index (χ4v) is 3.83. The topological polar surface area (TPSA) is 77.7 Å². The minimum absolute atomic E-state index is 0.180. The molecule has 1 aliphatic carbocycles. The molecule has 0 aromatic carbocycles. The van der Waals surface area contributed by atoms with Gasteiger partial charge in [0.15, 0.2) is 9.84 Å². The van der Waals surface area contributed by atoms with Crippen molar-refractivity contribution in [1.82, 2.24) is 19.7 Å². The summed E-state index contributed by atoms with van der Waals surface area (Å²) in [6, 6.07) is 1.42. The molecule has 13 heteroatoms. The van der Waals surface area contributed by atoms with Gasteiger partial charge in [-0.05, 0) is 30.4 Å². The molecule has 2 aromatic rings. The number of aromatic nitrogens is 4. The summed E-state index contributed by atoms with van der Waals surface area (Å²) in [4.78, 5) is 7.52. The summed E-state index contributed by atoms with van der Waals surface area (Å²) in [7, 11) is -3.79. The summed E-state index contributed by atoms with van der Waals surface area (Å²) in [5, 5.41) is 3.58. The van der Waals surface area contributed by atoms with E-state index in [0.717, 1.165) is 12.8 Å². The summed E-state index contributed by atoms with van der Waals surface area (Å²) in [6.07, 6.45) is 3.81. The monoisotopic (exact) mass is 456 g/mol. The van der Waals surface area contributed by atoms with Crippen molar-refractivity contribution in [2.75, 3.05) is 5.75 Å². The highest BCUT2D eigenvalue weighted by atomic mass is 32.2. The number of hydrogen-bond acceptors (Lipinski definition) is 5. The van der Waals surface area contributed by atoms with Gasteiger partial charge in [-0.1, -0.05) is 6.92 Å². The first-order valence-corrected chi connectivity index (χ1v) is 10.6. The van der Waals surface area contributed by atoms with E-state index in [1.807, 2.05) is 0 Å². The van der Waals surface area contributed by atoms with E-state index in [0.29, 0.717) is 11.9 Å². The number of alkyl halides is 6. The van der Waals surface area contributed by atoms with Gasteiger partial charge in [0.25, 0.3) is 0 Å². The van der Waals surface area contributed by atoms with E-state index in [1.54, 1.807) is 0 Å². The molecule has 0 radical (unpaired) electrons. The Balaban J connectivity index is 1.97. The lowest BCUT2D eigenvalue weighted by atomic mass is 10.1. The van der Waals surface area contributed by atoms with E-state index in [-0.39, 0.29) is 33.9 Å². The van der Waals surface area contributed by atoms with Gasteiger partial charge in [-0.3, -0.25) is 4.98 Å². The SMILES string of the molecule is CCS(=O)(=O)c1cc(C2CC2)cnc1-c1ncn(CC(F)(F)C(F)(F)C(C)(F)F)n1. The predicted molar refractivity (Wildman–Crippen MR) is 93.5 cm³/mol. The zero-order valence-electron chi connectivity index (χ0n) is 15.9. The second-order valence-corrected chi connectivity index (χ2v) is 9.47. The third-order valence-corrected chi connectivity index (χ3v) is 6.50. The van der Waals surface area contributed by atoms with Gasteiger partial charge in [-0.2, -0.15) is 26.3 Å². The van der Waals surface area contributed by atoms with Crippen molar-refractivity contribution < 1.29 is 34.8 Å². The fraction of sp³-hybridized carbons (Fsp3) is 0.588. The largest absolute Gasteiger partial charge is 0.373 e. The highest BCUT2D eigenvalue weighted by Gasteiger charge is 2.69. The third-order valence-electron chi connectivity index (χ3n) is 4.76. The molecular weight excluding hydrogens is 438 g/mol. The Labute approximate surface area is 168 Å². The minimum Gasteiger partial charge on any atom is -0.251 e. The standard InChI is InChI=1S/C17H18F6N4O2S/c1-3-30(28,29)12-6-11(10-4-5-10)7-24-13(12)14-25-9-27(26-14)8-16(20,21)17(22,23)15(2,18)19/h6-7,9-10H,3-5,8H2,1-2H3. The summed E-state index contributed by atoms with van der Waals surface area (Å²) in [6.45, 7) is -0.782. The lowest BCUT2D eigenvalue weighted by Gasteiger charge is -2.30. The van der Waals surface area contributed by atoms with Gasteiger partial charge in [-0.25, -0.2) is 18.1 Å². The van der Waals surface area contributed by atoms with E-state index >= 15 is 0 Å². The van der Waals surface area contributed by atoms with Crippen LogP contribution in [-0.4, -0.2) is 51.7 Å². The summed E-state index contributed by atoms with van der Waals surface area (Å²) >= 11 is 0. The highest BCUT2D eigenvalue weighted by Crippen LogP contribution is 2.46. The van der Waals surface area contributed by atoms with Crippen molar-refractivity contribution in [2.24, 2.45) is 0 Å². The van der Waals surface area contributed by atoms with Crippen LogP contribution in [0.25, 0.3) is 11.5 Å². The number of halogens is 6. The van der Waals surface area contributed by atoms with Crippen LogP contribution in [0.3, 0.4) is 0 Å². The maximum absolute atomic E-state index is 13.8. The van der Waals surface area contributed by atoms with Gasteiger partial charge >= 0.3 is 17.8 Å². The molecule has 30 heavy (non-hydrogen) atoms. The molecule has 2 aromatic heterocycles. The number of sulfone groups is 1. The number of hydrogen-bond donors (Lipinski definition) is 0. The molecule has 0 aliphatic heterocycles. The van der Waals surface area contributed by atoms with Crippen molar-refractivity contribution in [3.05, 3.63) is 24.2 Å². The van der Waals surface area contributed by atoms with Gasteiger partial charge in [0.2, 0.25) is 5.82 Å². The number of rotatable bonds is 8. The molecule has 2 heterocycles. The third kappa shape index (κ3) is 4.03. The minimum atomic E-state index is -5.63. The Kier molecular flexibility index (Phi) is 5.40. The lowest BCUT2D eigenvalue weighted by Crippen LogP contribution is -2.54. The van der Waals surface area contributed by atoms with Crippen LogP contribution in [0.5, 0.6) is 0 Å². The van der Waals surface area contributed by atoms with Gasteiger partial charge in [-0.15, -0.1) is 5.10 Å². The van der Waals surface area contributed by atoms with Crippen LogP contribution in [-0.2, 0) is 16.4 Å². The van der Waals surface area contributed by atoms with Crippen LogP contribution < -0.4 is 0 Å².